The summed E-state index contributed by atoms with van der Waals surface area (Å²) < 4.78 is 19.8. The van der Waals surface area contributed by atoms with Gasteiger partial charge in [-0.3, -0.25) is 14.5 Å². The number of hydrogen-bond acceptors (Lipinski definition) is 6. The standard InChI is InChI=1S/C37H58N2O6.CH4.H2S/c1-34(2)29-10-9-25-27-18-28-26(8-7-24(44-28)19-38(4)20-32(41)42)35(27,3)13-14-36(25)22-37(29,36)12-11-30(34)45-33-21-39(15-16-43-33)31(40)17-23-5-6-23;;/h23-30,33H,5-22H2,1-4H3,(H,41,42);1H4;1H2/t24?,25?,26?,27?,28?,29?,30-,33?,35?,36-,37?;;/m0../s1. The molecule has 0 aromatic heterocycles. The lowest BCUT2D eigenvalue weighted by atomic mass is 9.46. The molecule has 1 N–H and O–H groups in total. The van der Waals surface area contributed by atoms with Gasteiger partial charge in [-0.25, -0.2) is 0 Å². The van der Waals surface area contributed by atoms with E-state index in [4.69, 9.17) is 14.2 Å². The van der Waals surface area contributed by atoms with Crippen molar-refractivity contribution in [2.24, 2.45) is 51.2 Å². The van der Waals surface area contributed by atoms with Gasteiger partial charge in [-0.05, 0) is 135 Å². The minimum Gasteiger partial charge on any atom is -0.480 e. The van der Waals surface area contributed by atoms with E-state index in [1.54, 1.807) is 0 Å². The molecule has 2 saturated heterocycles. The molecule has 9 heteroatoms. The van der Waals surface area contributed by atoms with Crippen LogP contribution in [0.25, 0.3) is 0 Å². The number of amides is 1. The molecule has 0 radical (unpaired) electrons. The van der Waals surface area contributed by atoms with Crippen molar-refractivity contribution in [1.82, 2.24) is 9.80 Å². The monoisotopic (exact) mass is 676 g/mol. The third-order valence-electron chi connectivity index (χ3n) is 15.4. The summed E-state index contributed by atoms with van der Waals surface area (Å²) in [5.74, 6) is 3.05. The van der Waals surface area contributed by atoms with E-state index in [0.29, 0.717) is 72.8 Å². The molecule has 2 heterocycles. The van der Waals surface area contributed by atoms with Gasteiger partial charge < -0.3 is 24.2 Å². The molecule has 11 atom stereocenters. The minimum absolute atomic E-state index is 0. The van der Waals surface area contributed by atoms with E-state index in [-0.39, 0.29) is 57.3 Å². The van der Waals surface area contributed by atoms with Crippen LogP contribution in [0, 0.1) is 51.2 Å². The largest absolute Gasteiger partial charge is 0.480 e. The Bertz CT molecular complexity index is 1200. The molecule has 6 saturated carbocycles. The number of rotatable bonds is 8. The van der Waals surface area contributed by atoms with E-state index < -0.39 is 5.97 Å². The van der Waals surface area contributed by atoms with Gasteiger partial charge in [0.25, 0.3) is 0 Å². The van der Waals surface area contributed by atoms with Crippen molar-refractivity contribution in [1.29, 1.82) is 0 Å². The van der Waals surface area contributed by atoms with E-state index in [2.05, 4.69) is 20.8 Å². The van der Waals surface area contributed by atoms with E-state index >= 15 is 0 Å². The van der Waals surface area contributed by atoms with Crippen molar-refractivity contribution in [3.8, 4) is 0 Å². The predicted octanol–water partition coefficient (Wildman–Crippen LogP) is 6.33. The van der Waals surface area contributed by atoms with Gasteiger partial charge in [0.15, 0.2) is 6.29 Å². The Labute approximate surface area is 290 Å². The minimum atomic E-state index is -0.766. The Hall–Kier alpha value is -0.870. The summed E-state index contributed by atoms with van der Waals surface area (Å²) in [5.41, 5.74) is 1.45. The number of ether oxygens (including phenoxy) is 3. The summed E-state index contributed by atoms with van der Waals surface area (Å²) in [5, 5.41) is 9.22. The molecule has 8 aliphatic rings. The predicted molar refractivity (Wildman–Crippen MR) is 186 cm³/mol. The van der Waals surface area contributed by atoms with Crippen molar-refractivity contribution in [2.45, 2.75) is 136 Å². The molecule has 47 heavy (non-hydrogen) atoms. The molecule has 0 aromatic carbocycles. The molecule has 0 aromatic rings. The van der Waals surface area contributed by atoms with Gasteiger partial charge in [-0.1, -0.05) is 28.2 Å². The molecule has 268 valence electrons. The van der Waals surface area contributed by atoms with Crippen LogP contribution in [0.2, 0.25) is 0 Å². The van der Waals surface area contributed by atoms with Gasteiger partial charge in [-0.2, -0.15) is 13.5 Å². The van der Waals surface area contributed by atoms with Crippen LogP contribution in [-0.4, -0.2) is 91.2 Å². The zero-order valence-corrected chi connectivity index (χ0v) is 29.8. The second kappa shape index (κ2) is 12.7. The van der Waals surface area contributed by atoms with Crippen LogP contribution in [0.15, 0.2) is 0 Å². The maximum atomic E-state index is 12.8. The second-order valence-corrected chi connectivity index (χ2v) is 17.9. The highest BCUT2D eigenvalue weighted by Crippen LogP contribution is 2.87. The van der Waals surface area contributed by atoms with Gasteiger partial charge >= 0.3 is 5.97 Å². The van der Waals surface area contributed by atoms with Gasteiger partial charge in [0.1, 0.15) is 0 Å². The van der Waals surface area contributed by atoms with Crippen molar-refractivity contribution in [2.75, 3.05) is 39.8 Å². The maximum Gasteiger partial charge on any atom is 0.317 e. The van der Waals surface area contributed by atoms with Gasteiger partial charge in [0.05, 0.1) is 38.0 Å². The first-order chi connectivity index (χ1) is 21.4. The van der Waals surface area contributed by atoms with Gasteiger partial charge in [0, 0.05) is 19.5 Å². The number of morpholine rings is 1. The number of carboxylic acid groups (broad SMARTS) is 1. The Balaban J connectivity index is 0.00000193. The number of carbonyl (C=O) groups is 2. The van der Waals surface area contributed by atoms with E-state index in [0.717, 1.165) is 24.7 Å². The third kappa shape index (κ3) is 5.82. The van der Waals surface area contributed by atoms with Crippen LogP contribution < -0.4 is 0 Å². The van der Waals surface area contributed by atoms with E-state index in [1.165, 1.54) is 64.2 Å². The van der Waals surface area contributed by atoms with Crippen LogP contribution >= 0.6 is 13.5 Å². The number of fused-ring (bicyclic) bond motifs is 4. The summed E-state index contributed by atoms with van der Waals surface area (Å²) in [7, 11) is 1.91. The zero-order chi connectivity index (χ0) is 31.4. The first-order valence-electron chi connectivity index (χ1n) is 18.6. The zero-order valence-electron chi connectivity index (χ0n) is 28.8. The lowest BCUT2D eigenvalue weighted by Gasteiger charge is -2.60. The molecule has 8 fully saturated rings. The van der Waals surface area contributed by atoms with Crippen LogP contribution in [-0.2, 0) is 23.8 Å². The number of hydrogen-bond donors (Lipinski definition) is 1. The highest BCUT2D eigenvalue weighted by Gasteiger charge is 2.80. The molecular weight excluding hydrogens is 612 g/mol. The number of nitrogens with zero attached hydrogens (tertiary/aromatic N) is 2. The summed E-state index contributed by atoms with van der Waals surface area (Å²) >= 11 is 0. The van der Waals surface area contributed by atoms with Crippen molar-refractivity contribution < 1.29 is 28.9 Å². The first-order valence-corrected chi connectivity index (χ1v) is 18.6. The smallest absolute Gasteiger partial charge is 0.317 e. The average molecular weight is 677 g/mol. The fourth-order valence-electron chi connectivity index (χ4n) is 13.1. The SMILES string of the molecule is C.CN(CC(=O)O)CC1CCC2C(CC3C4CCC5C(C)(C)[C@@H](OC6CN(C(=O)CC7CC7)CCO6)CCC56C[C@@]46CCC23C)O1.S. The molecule has 2 aliphatic heterocycles. The molecule has 9 unspecified atom stereocenters. The van der Waals surface area contributed by atoms with Crippen molar-refractivity contribution in [3.63, 3.8) is 0 Å². The van der Waals surface area contributed by atoms with Crippen molar-refractivity contribution in [3.05, 3.63) is 0 Å². The Morgan fingerprint density at radius 1 is 0.957 bits per heavy atom. The Kier molecular flexibility index (Phi) is 9.72. The van der Waals surface area contributed by atoms with Crippen LogP contribution in [0.1, 0.15) is 112 Å². The molecule has 0 bridgehead atoms. The highest BCUT2D eigenvalue weighted by molar-refractivity contribution is 7.59. The van der Waals surface area contributed by atoms with E-state index in [9.17, 15) is 14.7 Å². The normalized spacial score (nSPS) is 46.0. The highest BCUT2D eigenvalue weighted by atomic mass is 32.1. The van der Waals surface area contributed by atoms with Crippen LogP contribution in [0.4, 0.5) is 0 Å². The van der Waals surface area contributed by atoms with Gasteiger partial charge in [-0.15, -0.1) is 0 Å². The second-order valence-electron chi connectivity index (χ2n) is 17.9. The summed E-state index contributed by atoms with van der Waals surface area (Å²) in [4.78, 5) is 28.0. The van der Waals surface area contributed by atoms with E-state index in [1.807, 2.05) is 16.8 Å². The number of aliphatic carboxylic acids is 1. The molecule has 1 amide bonds. The third-order valence-corrected chi connectivity index (χ3v) is 15.4. The lowest BCUT2D eigenvalue weighted by molar-refractivity contribution is -0.244. The Morgan fingerprint density at radius 2 is 1.72 bits per heavy atom. The fraction of sp³-hybridized carbons (Fsp3) is 0.947. The molecule has 8 rings (SSSR count). The fourth-order valence-corrected chi connectivity index (χ4v) is 13.1. The summed E-state index contributed by atoms with van der Waals surface area (Å²) in [6.07, 6.45) is 16.2. The summed E-state index contributed by atoms with van der Waals surface area (Å²) in [6.45, 7) is 10.3. The lowest BCUT2D eigenvalue weighted by Crippen LogP contribution is -2.56. The molecule has 6 aliphatic carbocycles. The quantitative estimate of drug-likeness (QED) is 0.322. The molecule has 8 nitrogen and oxygen atoms in total. The maximum absolute atomic E-state index is 12.8. The first kappa shape index (κ1) is 35.9. The van der Waals surface area contributed by atoms with Gasteiger partial charge in [0.2, 0.25) is 5.91 Å². The number of carboxylic acids is 1. The Morgan fingerprint density at radius 3 is 2.47 bits per heavy atom. The average Bonchev–Trinajstić information content (AvgIpc) is 3.89. The molecular formula is C38H64N2O6S. The summed E-state index contributed by atoms with van der Waals surface area (Å²) in [6, 6.07) is 0. The van der Waals surface area contributed by atoms with Crippen LogP contribution in [0.5, 0.6) is 0 Å². The van der Waals surface area contributed by atoms with Crippen LogP contribution in [0.3, 0.4) is 0 Å². The topological polar surface area (TPSA) is 88.5 Å². The van der Waals surface area contributed by atoms with Crippen molar-refractivity contribution >= 4 is 25.4 Å². The molecule has 2 spiro atoms. The number of carbonyl (C=O) groups excluding carboxylic acids is 1. The number of likely N-dealkylation sites (N-methyl/N-ethyl adjacent to an activating group) is 1.